The van der Waals surface area contributed by atoms with Gasteiger partial charge in [-0.15, -0.1) is 0 Å². The first-order chi connectivity index (χ1) is 6.71. The Morgan fingerprint density at radius 1 is 1.40 bits per heavy atom. The smallest absolute Gasteiger partial charge is 0.119 e. The molecule has 1 rings (SSSR count). The van der Waals surface area contributed by atoms with Crippen LogP contribution in [0.5, 0.6) is 0 Å². The van der Waals surface area contributed by atoms with Gasteiger partial charge >= 0.3 is 0 Å². The van der Waals surface area contributed by atoms with Crippen LogP contribution in [0, 0.1) is 5.21 Å². The molecule has 1 heterocycles. The molecule has 1 aliphatic rings. The molecule has 1 N–H and O–H groups in total. The Morgan fingerprint density at radius 3 is 2.27 bits per heavy atom. The second-order valence-corrected chi connectivity index (χ2v) is 5.98. The third kappa shape index (κ3) is 2.35. The van der Waals surface area contributed by atoms with Gasteiger partial charge in [-0.05, 0) is 41.0 Å². The highest BCUT2D eigenvalue weighted by Gasteiger charge is 2.52. The molecule has 0 aromatic rings. The molecule has 0 aromatic heterocycles. The van der Waals surface area contributed by atoms with E-state index in [0.717, 1.165) is 12.8 Å². The number of hydrogen-bond acceptors (Lipinski definition) is 2. The lowest BCUT2D eigenvalue weighted by atomic mass is 9.97. The second-order valence-electron chi connectivity index (χ2n) is 5.98. The van der Waals surface area contributed by atoms with E-state index >= 15 is 0 Å². The van der Waals surface area contributed by atoms with Crippen molar-refractivity contribution in [1.29, 1.82) is 0 Å². The summed E-state index contributed by atoms with van der Waals surface area (Å²) in [6, 6.07) is 0. The van der Waals surface area contributed by atoms with Crippen LogP contribution < -0.4 is 5.06 Å². The van der Waals surface area contributed by atoms with Crippen LogP contribution in [-0.2, 0) is 4.74 Å². The lowest BCUT2D eigenvalue weighted by molar-refractivity contribution is -0.934. The molecule has 0 saturated carbocycles. The first-order valence-corrected chi connectivity index (χ1v) is 5.92. The minimum Gasteiger partial charge on any atom is -0.633 e. The van der Waals surface area contributed by atoms with Crippen molar-refractivity contribution in [2.75, 3.05) is 0 Å². The van der Waals surface area contributed by atoms with Crippen LogP contribution in [-0.4, -0.2) is 23.3 Å². The van der Waals surface area contributed by atoms with Crippen molar-refractivity contribution in [3.05, 3.63) is 5.21 Å². The molecule has 3 heteroatoms. The molecule has 0 radical (unpaired) electrons. The maximum absolute atomic E-state index is 12.1. The second kappa shape index (κ2) is 4.04. The van der Waals surface area contributed by atoms with Crippen LogP contribution in [0.1, 0.15) is 54.4 Å². The topological polar surface area (TPSA) is 36.7 Å². The molecule has 90 valence electrons. The van der Waals surface area contributed by atoms with Crippen LogP contribution in [0.25, 0.3) is 0 Å². The molecule has 1 saturated heterocycles. The maximum Gasteiger partial charge on any atom is 0.119 e. The molecular weight excluding hydrogens is 190 g/mol. The number of hydrogen-bond donors (Lipinski definition) is 1. The van der Waals surface area contributed by atoms with Crippen molar-refractivity contribution >= 4 is 0 Å². The van der Waals surface area contributed by atoms with Gasteiger partial charge in [-0.2, -0.15) is 0 Å². The van der Waals surface area contributed by atoms with E-state index in [-0.39, 0.29) is 23.3 Å². The molecule has 3 atom stereocenters. The van der Waals surface area contributed by atoms with Crippen molar-refractivity contribution in [3.8, 4) is 0 Å². The first kappa shape index (κ1) is 12.9. The number of ether oxygens (including phenoxy) is 1. The predicted octanol–water partition coefficient (Wildman–Crippen LogP) is 1.51. The summed E-state index contributed by atoms with van der Waals surface area (Å²) in [5, 5.41) is 12.5. The average molecular weight is 215 g/mol. The van der Waals surface area contributed by atoms with Gasteiger partial charge in [-0.1, -0.05) is 6.92 Å². The van der Waals surface area contributed by atoms with E-state index in [1.54, 1.807) is 0 Å². The predicted molar refractivity (Wildman–Crippen MR) is 61.7 cm³/mol. The van der Waals surface area contributed by atoms with Crippen LogP contribution in [0.2, 0.25) is 0 Å². The molecule has 0 aromatic carbocycles. The quantitative estimate of drug-likeness (QED) is 0.725. The Bertz CT molecular complexity index is 226. The van der Waals surface area contributed by atoms with E-state index in [1.807, 2.05) is 27.7 Å². The highest BCUT2D eigenvalue weighted by molar-refractivity contribution is 4.93. The summed E-state index contributed by atoms with van der Waals surface area (Å²) in [4.78, 5) is 0. The Balaban J connectivity index is 2.75. The van der Waals surface area contributed by atoms with Gasteiger partial charge in [0.25, 0.3) is 0 Å². The molecule has 0 amide bonds. The first-order valence-electron chi connectivity index (χ1n) is 5.92. The van der Waals surface area contributed by atoms with Gasteiger partial charge in [0.05, 0.1) is 11.6 Å². The van der Waals surface area contributed by atoms with Gasteiger partial charge in [-0.3, -0.25) is 0 Å². The summed E-state index contributed by atoms with van der Waals surface area (Å²) in [6.45, 7) is 12.3. The zero-order chi connectivity index (χ0) is 11.9. The van der Waals surface area contributed by atoms with Gasteiger partial charge in [0, 0.05) is 6.42 Å². The lowest BCUT2D eigenvalue weighted by Gasteiger charge is -2.41. The zero-order valence-electron chi connectivity index (χ0n) is 10.9. The molecular formula is C12H25NO2. The molecule has 1 fully saturated rings. The average Bonchev–Trinajstić information content (AvgIpc) is 2.27. The SMILES string of the molecule is CCC(C)OC1CC(C)(C)[NH+]([O-])C1(C)C. The summed E-state index contributed by atoms with van der Waals surface area (Å²) < 4.78 is 5.96. The van der Waals surface area contributed by atoms with E-state index in [1.165, 1.54) is 0 Å². The fraction of sp³-hybridized carbons (Fsp3) is 1.00. The fourth-order valence-corrected chi connectivity index (χ4v) is 2.42. The van der Waals surface area contributed by atoms with Gasteiger partial charge in [0.1, 0.15) is 11.6 Å². The Hall–Kier alpha value is -0.120. The van der Waals surface area contributed by atoms with Crippen molar-refractivity contribution in [1.82, 2.24) is 0 Å². The van der Waals surface area contributed by atoms with Crippen molar-refractivity contribution in [2.24, 2.45) is 0 Å². The standard InChI is InChI=1S/C12H25NO2/c1-7-9(2)15-10-8-11(3,4)13(14)12(10,5)6/h9-10,13H,7-8H2,1-6H3. The lowest BCUT2D eigenvalue weighted by Crippen LogP contribution is -3.19. The van der Waals surface area contributed by atoms with Gasteiger partial charge in [0.15, 0.2) is 0 Å². The van der Waals surface area contributed by atoms with E-state index in [4.69, 9.17) is 4.74 Å². The number of rotatable bonds is 3. The summed E-state index contributed by atoms with van der Waals surface area (Å²) in [5.41, 5.74) is -0.547. The van der Waals surface area contributed by atoms with E-state index < -0.39 is 0 Å². The van der Waals surface area contributed by atoms with Crippen molar-refractivity contribution in [2.45, 2.75) is 77.7 Å². The molecule has 3 unspecified atom stereocenters. The zero-order valence-corrected chi connectivity index (χ0v) is 10.9. The molecule has 1 aliphatic heterocycles. The van der Waals surface area contributed by atoms with Gasteiger partial charge in [0.2, 0.25) is 0 Å². The molecule has 0 bridgehead atoms. The highest BCUT2D eigenvalue weighted by atomic mass is 16.5. The third-order valence-electron chi connectivity index (χ3n) is 3.67. The molecule has 3 nitrogen and oxygen atoms in total. The maximum atomic E-state index is 12.1. The van der Waals surface area contributed by atoms with Crippen molar-refractivity contribution < 1.29 is 9.80 Å². The van der Waals surface area contributed by atoms with Crippen molar-refractivity contribution in [3.63, 3.8) is 0 Å². The molecule has 0 spiro atoms. The minimum atomic E-state index is -0.326. The van der Waals surface area contributed by atoms with E-state index in [2.05, 4.69) is 13.8 Å². The van der Waals surface area contributed by atoms with Crippen LogP contribution in [0.15, 0.2) is 0 Å². The summed E-state index contributed by atoms with van der Waals surface area (Å²) in [5.74, 6) is 0. The van der Waals surface area contributed by atoms with Crippen LogP contribution in [0.3, 0.4) is 0 Å². The normalized spacial score (nSPS) is 35.4. The van der Waals surface area contributed by atoms with E-state index in [9.17, 15) is 5.21 Å². The monoisotopic (exact) mass is 215 g/mol. The largest absolute Gasteiger partial charge is 0.633 e. The Kier molecular flexibility index (Phi) is 3.49. The summed E-state index contributed by atoms with van der Waals surface area (Å²) >= 11 is 0. The van der Waals surface area contributed by atoms with Gasteiger partial charge in [-0.25, -0.2) is 0 Å². The third-order valence-corrected chi connectivity index (χ3v) is 3.67. The summed E-state index contributed by atoms with van der Waals surface area (Å²) in [7, 11) is 0. The Labute approximate surface area is 93.4 Å². The van der Waals surface area contributed by atoms with Gasteiger partial charge < -0.3 is 15.0 Å². The molecule has 15 heavy (non-hydrogen) atoms. The van der Waals surface area contributed by atoms with Crippen LogP contribution in [0.4, 0.5) is 0 Å². The summed E-state index contributed by atoms with van der Waals surface area (Å²) in [6.07, 6.45) is 2.18. The number of nitrogens with one attached hydrogen (secondary N) is 1. The van der Waals surface area contributed by atoms with Crippen LogP contribution >= 0.6 is 0 Å². The fourth-order valence-electron chi connectivity index (χ4n) is 2.42. The highest BCUT2D eigenvalue weighted by Crippen LogP contribution is 2.28. The number of quaternary nitrogens is 1. The molecule has 0 aliphatic carbocycles. The minimum absolute atomic E-state index is 0.0787. The number of hydroxylamine groups is 2. The van der Waals surface area contributed by atoms with E-state index in [0.29, 0.717) is 5.06 Å². The Morgan fingerprint density at radius 2 is 1.93 bits per heavy atom.